The maximum absolute atomic E-state index is 12.5. The van der Waals surface area contributed by atoms with Crippen molar-refractivity contribution in [3.05, 3.63) is 45.9 Å². The Morgan fingerprint density at radius 1 is 1.42 bits per heavy atom. The molecule has 0 bridgehead atoms. The second-order valence-electron chi connectivity index (χ2n) is 5.35. The first-order valence-electron chi connectivity index (χ1n) is 7.41. The molecule has 26 heavy (non-hydrogen) atoms. The fourth-order valence-electron chi connectivity index (χ4n) is 2.21. The number of hydrogen-bond donors (Lipinski definition) is 1. The van der Waals surface area contributed by atoms with Gasteiger partial charge in [-0.15, -0.1) is 0 Å². The quantitative estimate of drug-likeness (QED) is 0.307. The molecule has 0 spiro atoms. The minimum absolute atomic E-state index is 0.155. The number of hydrogen-bond acceptors (Lipinski definition) is 7. The Bertz CT molecular complexity index is 1010. The van der Waals surface area contributed by atoms with Crippen molar-refractivity contribution in [3.8, 4) is 0 Å². The lowest BCUT2D eigenvalue weighted by Gasteiger charge is -2.12. The smallest absolute Gasteiger partial charge is 0.271 e. The van der Waals surface area contributed by atoms with Crippen LogP contribution in [0.5, 0.6) is 0 Å². The van der Waals surface area contributed by atoms with Crippen molar-refractivity contribution in [2.45, 2.75) is 17.2 Å². The van der Waals surface area contributed by atoms with Gasteiger partial charge in [0.25, 0.3) is 5.69 Å². The summed E-state index contributed by atoms with van der Waals surface area (Å²) in [6.07, 6.45) is 3.05. The number of rotatable bonds is 5. The minimum atomic E-state index is -0.551. The summed E-state index contributed by atoms with van der Waals surface area (Å²) in [7, 11) is 1.77. The maximum atomic E-state index is 12.5. The molecule has 0 saturated carbocycles. The molecule has 1 N–H and O–H groups in total. The SMILES string of the molecule is CC(Sc1ncnc2c1cnn2C)C(=O)Nc1cc([N+](=O)[O-])ccc1Cl. The van der Waals surface area contributed by atoms with Crippen LogP contribution in [0.2, 0.25) is 5.02 Å². The number of thioether (sulfide) groups is 1. The molecule has 0 aliphatic rings. The highest BCUT2D eigenvalue weighted by Gasteiger charge is 2.20. The summed E-state index contributed by atoms with van der Waals surface area (Å²) in [5, 5.41) is 18.7. The lowest BCUT2D eigenvalue weighted by Crippen LogP contribution is -2.22. The van der Waals surface area contributed by atoms with E-state index in [9.17, 15) is 14.9 Å². The Morgan fingerprint density at radius 2 is 2.19 bits per heavy atom. The number of nitrogens with zero attached hydrogens (tertiary/aromatic N) is 5. The Kier molecular flexibility index (Phi) is 5.05. The van der Waals surface area contributed by atoms with Crippen molar-refractivity contribution in [2.24, 2.45) is 7.05 Å². The molecule has 1 atom stereocenters. The number of carbonyl (C=O) groups is 1. The lowest BCUT2D eigenvalue weighted by molar-refractivity contribution is -0.384. The Labute approximate surface area is 156 Å². The third-order valence-electron chi connectivity index (χ3n) is 3.57. The molecule has 1 amide bonds. The summed E-state index contributed by atoms with van der Waals surface area (Å²) < 4.78 is 1.62. The second-order valence-corrected chi connectivity index (χ2v) is 7.09. The van der Waals surface area contributed by atoms with Gasteiger partial charge in [-0.2, -0.15) is 5.10 Å². The van der Waals surface area contributed by atoms with Crippen molar-refractivity contribution in [1.29, 1.82) is 0 Å². The van der Waals surface area contributed by atoms with Crippen molar-refractivity contribution >= 4 is 51.7 Å². The number of aryl methyl sites for hydroxylation is 1. The number of halogens is 1. The first-order chi connectivity index (χ1) is 12.4. The van der Waals surface area contributed by atoms with Crippen molar-refractivity contribution in [1.82, 2.24) is 19.7 Å². The molecule has 134 valence electrons. The van der Waals surface area contributed by atoms with Gasteiger partial charge in [-0.05, 0) is 13.0 Å². The van der Waals surface area contributed by atoms with E-state index in [2.05, 4.69) is 20.4 Å². The van der Waals surface area contributed by atoms with Gasteiger partial charge in [0.2, 0.25) is 5.91 Å². The molecule has 0 aliphatic heterocycles. The van der Waals surface area contributed by atoms with Crippen LogP contribution in [0.3, 0.4) is 0 Å². The fourth-order valence-corrected chi connectivity index (χ4v) is 3.26. The fraction of sp³-hybridized carbons (Fsp3) is 0.200. The van der Waals surface area contributed by atoms with Crippen LogP contribution in [0, 0.1) is 10.1 Å². The number of carbonyl (C=O) groups excluding carboxylic acids is 1. The zero-order chi connectivity index (χ0) is 18.8. The Morgan fingerprint density at radius 3 is 2.92 bits per heavy atom. The average Bonchev–Trinajstić information content (AvgIpc) is 2.99. The van der Waals surface area contributed by atoms with Crippen molar-refractivity contribution in [2.75, 3.05) is 5.32 Å². The van der Waals surface area contributed by atoms with E-state index in [-0.39, 0.29) is 22.3 Å². The van der Waals surface area contributed by atoms with Crippen molar-refractivity contribution in [3.63, 3.8) is 0 Å². The van der Waals surface area contributed by atoms with Gasteiger partial charge in [0.15, 0.2) is 5.65 Å². The van der Waals surface area contributed by atoms with E-state index in [0.717, 1.165) is 5.39 Å². The van der Waals surface area contributed by atoms with E-state index in [4.69, 9.17) is 11.6 Å². The number of aromatic nitrogens is 4. The summed E-state index contributed by atoms with van der Waals surface area (Å²) in [4.78, 5) is 31.2. The number of nitro groups is 1. The molecule has 2 aromatic heterocycles. The predicted molar refractivity (Wildman–Crippen MR) is 98.4 cm³/mol. The number of nitrogens with one attached hydrogen (secondary N) is 1. The van der Waals surface area contributed by atoms with Gasteiger partial charge in [-0.25, -0.2) is 9.97 Å². The maximum Gasteiger partial charge on any atom is 0.271 e. The molecular formula is C15H13ClN6O3S. The van der Waals surface area contributed by atoms with Crippen LogP contribution in [0.1, 0.15) is 6.92 Å². The highest BCUT2D eigenvalue weighted by molar-refractivity contribution is 8.00. The third-order valence-corrected chi connectivity index (χ3v) is 5.01. The molecule has 1 unspecified atom stereocenters. The average molecular weight is 393 g/mol. The van der Waals surface area contributed by atoms with Crippen LogP contribution in [0.25, 0.3) is 11.0 Å². The molecule has 0 saturated heterocycles. The summed E-state index contributed by atoms with van der Waals surface area (Å²) in [6.45, 7) is 1.70. The van der Waals surface area contributed by atoms with Crippen LogP contribution in [0.4, 0.5) is 11.4 Å². The number of non-ortho nitro benzene ring substituents is 1. The Hall–Kier alpha value is -2.72. The highest BCUT2D eigenvalue weighted by Crippen LogP contribution is 2.30. The van der Waals surface area contributed by atoms with Gasteiger partial charge in [0.1, 0.15) is 11.4 Å². The highest BCUT2D eigenvalue weighted by atomic mass is 35.5. The second kappa shape index (κ2) is 7.26. The number of fused-ring (bicyclic) bond motifs is 1. The van der Waals surface area contributed by atoms with Crippen LogP contribution < -0.4 is 5.32 Å². The van der Waals surface area contributed by atoms with E-state index in [1.807, 2.05) is 0 Å². The molecule has 1 aromatic carbocycles. The van der Waals surface area contributed by atoms with Gasteiger partial charge >= 0.3 is 0 Å². The number of benzene rings is 1. The van der Waals surface area contributed by atoms with E-state index in [1.165, 1.54) is 36.3 Å². The van der Waals surface area contributed by atoms with Crippen LogP contribution in [-0.4, -0.2) is 35.8 Å². The van der Waals surface area contributed by atoms with Gasteiger partial charge in [0, 0.05) is 19.2 Å². The predicted octanol–water partition coefficient (Wildman–Crippen LogP) is 3.04. The summed E-state index contributed by atoms with van der Waals surface area (Å²) in [5.41, 5.74) is 0.697. The summed E-state index contributed by atoms with van der Waals surface area (Å²) in [6, 6.07) is 3.87. The van der Waals surface area contributed by atoms with E-state index in [1.54, 1.807) is 24.9 Å². The molecule has 0 radical (unpaired) electrons. The van der Waals surface area contributed by atoms with Crippen LogP contribution in [0.15, 0.2) is 35.7 Å². The number of anilines is 1. The number of amides is 1. The van der Waals surface area contributed by atoms with Gasteiger partial charge in [0.05, 0.1) is 32.5 Å². The van der Waals surface area contributed by atoms with Crippen molar-refractivity contribution < 1.29 is 9.72 Å². The molecule has 3 aromatic rings. The molecule has 0 fully saturated rings. The zero-order valence-electron chi connectivity index (χ0n) is 13.7. The lowest BCUT2D eigenvalue weighted by atomic mass is 10.2. The minimum Gasteiger partial charge on any atom is -0.324 e. The van der Waals surface area contributed by atoms with Gasteiger partial charge < -0.3 is 5.32 Å². The van der Waals surface area contributed by atoms with Crippen LogP contribution >= 0.6 is 23.4 Å². The summed E-state index contributed by atoms with van der Waals surface area (Å²) in [5.74, 6) is -0.354. The van der Waals surface area contributed by atoms with Gasteiger partial charge in [-0.3, -0.25) is 19.6 Å². The number of nitro benzene ring substituents is 1. The molecule has 9 nitrogen and oxygen atoms in total. The topological polar surface area (TPSA) is 116 Å². The first kappa shape index (κ1) is 18.1. The largest absolute Gasteiger partial charge is 0.324 e. The Balaban J connectivity index is 1.78. The van der Waals surface area contributed by atoms with E-state index < -0.39 is 10.2 Å². The third kappa shape index (κ3) is 3.60. The first-order valence-corrected chi connectivity index (χ1v) is 8.66. The zero-order valence-corrected chi connectivity index (χ0v) is 15.3. The molecule has 3 rings (SSSR count). The monoisotopic (exact) mass is 392 g/mol. The van der Waals surface area contributed by atoms with E-state index in [0.29, 0.717) is 10.7 Å². The normalized spacial score (nSPS) is 12.1. The van der Waals surface area contributed by atoms with Crippen LogP contribution in [-0.2, 0) is 11.8 Å². The standard InChI is InChI=1S/C15H13ClN6O3S/c1-8(26-15-10-6-19-21(2)13(10)17-7-18-15)14(23)20-12-5-9(22(24)25)3-4-11(12)16/h3-8H,1-2H3,(H,20,23). The molecule has 0 aliphatic carbocycles. The summed E-state index contributed by atoms with van der Waals surface area (Å²) >= 11 is 7.25. The van der Waals surface area contributed by atoms with E-state index >= 15 is 0 Å². The molecule has 2 heterocycles. The molecule has 11 heteroatoms. The molecular weight excluding hydrogens is 380 g/mol. The van der Waals surface area contributed by atoms with Gasteiger partial charge in [-0.1, -0.05) is 23.4 Å².